The van der Waals surface area contributed by atoms with Gasteiger partial charge in [0.2, 0.25) is 11.8 Å². The van der Waals surface area contributed by atoms with E-state index in [1.807, 2.05) is 13.0 Å². The SMILES string of the molecule is Cc1cc(C[C@@H]2COC[C@@H]2NC(=O)CN2CCCCCC2=O)on1. The lowest BCUT2D eigenvalue weighted by molar-refractivity contribution is -0.135. The highest BCUT2D eigenvalue weighted by molar-refractivity contribution is 5.85. The van der Waals surface area contributed by atoms with Crippen LogP contribution in [0.4, 0.5) is 0 Å². The zero-order chi connectivity index (χ0) is 16.9. The fraction of sp³-hybridized carbons (Fsp3) is 0.706. The van der Waals surface area contributed by atoms with E-state index in [9.17, 15) is 9.59 Å². The Hall–Kier alpha value is -1.89. The molecule has 2 atom stereocenters. The van der Waals surface area contributed by atoms with Gasteiger partial charge in [0.05, 0.1) is 31.5 Å². The van der Waals surface area contributed by atoms with Crippen molar-refractivity contribution in [1.29, 1.82) is 0 Å². The molecule has 2 amide bonds. The third-order valence-corrected chi connectivity index (χ3v) is 4.69. The number of hydrogen-bond donors (Lipinski definition) is 1. The summed E-state index contributed by atoms with van der Waals surface area (Å²) >= 11 is 0. The van der Waals surface area contributed by atoms with Gasteiger partial charge in [-0.25, -0.2) is 0 Å². The number of rotatable bonds is 5. The number of amides is 2. The summed E-state index contributed by atoms with van der Waals surface area (Å²) in [5.41, 5.74) is 0.851. The summed E-state index contributed by atoms with van der Waals surface area (Å²) in [6.07, 6.45) is 4.19. The number of carbonyl (C=O) groups is 2. The average Bonchev–Trinajstić information content (AvgIpc) is 3.09. The van der Waals surface area contributed by atoms with E-state index < -0.39 is 0 Å². The first-order valence-corrected chi connectivity index (χ1v) is 8.69. The Morgan fingerprint density at radius 3 is 3.04 bits per heavy atom. The highest BCUT2D eigenvalue weighted by atomic mass is 16.5. The maximum Gasteiger partial charge on any atom is 0.239 e. The predicted octanol–water partition coefficient (Wildman–Crippen LogP) is 1.06. The lowest BCUT2D eigenvalue weighted by Crippen LogP contribution is -2.46. The second-order valence-electron chi connectivity index (χ2n) is 6.74. The molecular weight excluding hydrogens is 310 g/mol. The summed E-state index contributed by atoms with van der Waals surface area (Å²) in [6.45, 7) is 3.79. The minimum Gasteiger partial charge on any atom is -0.379 e. The first kappa shape index (κ1) is 17.0. The van der Waals surface area contributed by atoms with E-state index in [1.54, 1.807) is 4.90 Å². The van der Waals surface area contributed by atoms with Gasteiger partial charge in [-0.05, 0) is 19.8 Å². The van der Waals surface area contributed by atoms with Gasteiger partial charge in [0.25, 0.3) is 0 Å². The number of aryl methyl sites for hydroxylation is 1. The van der Waals surface area contributed by atoms with Crippen molar-refractivity contribution < 1.29 is 18.8 Å². The van der Waals surface area contributed by atoms with Gasteiger partial charge in [0, 0.05) is 31.4 Å². The molecule has 1 aromatic heterocycles. The molecule has 24 heavy (non-hydrogen) atoms. The van der Waals surface area contributed by atoms with Crippen molar-refractivity contribution in [2.45, 2.75) is 45.1 Å². The molecule has 7 nitrogen and oxygen atoms in total. The second-order valence-corrected chi connectivity index (χ2v) is 6.74. The van der Waals surface area contributed by atoms with E-state index in [4.69, 9.17) is 9.26 Å². The highest BCUT2D eigenvalue weighted by Gasteiger charge is 2.31. The molecule has 0 unspecified atom stereocenters. The largest absolute Gasteiger partial charge is 0.379 e. The van der Waals surface area contributed by atoms with E-state index in [0.717, 1.165) is 30.7 Å². The third-order valence-electron chi connectivity index (χ3n) is 4.69. The van der Waals surface area contributed by atoms with Gasteiger partial charge >= 0.3 is 0 Å². The van der Waals surface area contributed by atoms with Crippen LogP contribution in [0.25, 0.3) is 0 Å². The predicted molar refractivity (Wildman–Crippen MR) is 86.2 cm³/mol. The Balaban J connectivity index is 1.51. The topological polar surface area (TPSA) is 84.7 Å². The maximum atomic E-state index is 12.3. The second kappa shape index (κ2) is 7.79. The van der Waals surface area contributed by atoms with Gasteiger partial charge in [-0.2, -0.15) is 0 Å². The van der Waals surface area contributed by atoms with E-state index in [2.05, 4.69) is 10.5 Å². The van der Waals surface area contributed by atoms with Crippen molar-refractivity contribution in [3.05, 3.63) is 17.5 Å². The Morgan fingerprint density at radius 2 is 2.25 bits per heavy atom. The molecule has 3 heterocycles. The molecule has 2 saturated heterocycles. The smallest absolute Gasteiger partial charge is 0.239 e. The number of likely N-dealkylation sites (tertiary alicyclic amines) is 1. The van der Waals surface area contributed by atoms with Crippen LogP contribution in [-0.4, -0.2) is 54.2 Å². The van der Waals surface area contributed by atoms with Gasteiger partial charge in [-0.15, -0.1) is 0 Å². The fourth-order valence-corrected chi connectivity index (χ4v) is 3.36. The molecule has 132 valence electrons. The molecule has 7 heteroatoms. The van der Waals surface area contributed by atoms with Crippen LogP contribution in [0.5, 0.6) is 0 Å². The number of nitrogens with zero attached hydrogens (tertiary/aromatic N) is 2. The lowest BCUT2D eigenvalue weighted by atomic mass is 9.98. The number of carbonyl (C=O) groups excluding carboxylic acids is 2. The summed E-state index contributed by atoms with van der Waals surface area (Å²) in [4.78, 5) is 26.0. The Bertz CT molecular complexity index is 586. The van der Waals surface area contributed by atoms with Gasteiger partial charge in [0.15, 0.2) is 0 Å². The molecule has 0 aliphatic carbocycles. The van der Waals surface area contributed by atoms with Crippen LogP contribution in [0.2, 0.25) is 0 Å². The van der Waals surface area contributed by atoms with Crippen molar-refractivity contribution >= 4 is 11.8 Å². The quantitative estimate of drug-likeness (QED) is 0.870. The molecule has 2 aliphatic heterocycles. The van der Waals surface area contributed by atoms with Crippen molar-refractivity contribution in [3.63, 3.8) is 0 Å². The first-order valence-electron chi connectivity index (χ1n) is 8.69. The van der Waals surface area contributed by atoms with Gasteiger partial charge in [-0.3, -0.25) is 9.59 Å². The Morgan fingerprint density at radius 1 is 1.38 bits per heavy atom. The molecule has 1 N–H and O–H groups in total. The van der Waals surface area contributed by atoms with Crippen LogP contribution in [0.1, 0.15) is 37.1 Å². The zero-order valence-electron chi connectivity index (χ0n) is 14.1. The van der Waals surface area contributed by atoms with Crippen molar-refractivity contribution in [2.75, 3.05) is 26.3 Å². The fourth-order valence-electron chi connectivity index (χ4n) is 3.36. The summed E-state index contributed by atoms with van der Waals surface area (Å²) in [6, 6.07) is 1.86. The first-order chi connectivity index (χ1) is 11.6. The summed E-state index contributed by atoms with van der Waals surface area (Å²) in [5, 5.41) is 6.92. The lowest BCUT2D eigenvalue weighted by Gasteiger charge is -2.23. The number of nitrogens with one attached hydrogen (secondary N) is 1. The number of ether oxygens (including phenoxy) is 1. The number of hydrogen-bond acceptors (Lipinski definition) is 5. The molecule has 1 aromatic rings. The molecule has 0 radical (unpaired) electrons. The van der Waals surface area contributed by atoms with Crippen LogP contribution < -0.4 is 5.32 Å². The molecule has 0 bridgehead atoms. The molecule has 0 aromatic carbocycles. The molecule has 2 aliphatic rings. The highest BCUT2D eigenvalue weighted by Crippen LogP contribution is 2.20. The van der Waals surface area contributed by atoms with Gasteiger partial charge < -0.3 is 19.5 Å². The Kier molecular flexibility index (Phi) is 5.50. The van der Waals surface area contributed by atoms with Crippen molar-refractivity contribution in [3.8, 4) is 0 Å². The molecule has 2 fully saturated rings. The maximum absolute atomic E-state index is 12.3. The van der Waals surface area contributed by atoms with Gasteiger partial charge in [-0.1, -0.05) is 11.6 Å². The summed E-state index contributed by atoms with van der Waals surface area (Å²) in [5.74, 6) is 0.949. The number of aromatic nitrogens is 1. The van der Waals surface area contributed by atoms with E-state index in [0.29, 0.717) is 32.6 Å². The molecule has 0 saturated carbocycles. The minimum atomic E-state index is -0.112. The van der Waals surface area contributed by atoms with Crippen LogP contribution in [-0.2, 0) is 20.7 Å². The van der Waals surface area contributed by atoms with Gasteiger partial charge in [0.1, 0.15) is 5.76 Å². The monoisotopic (exact) mass is 335 g/mol. The van der Waals surface area contributed by atoms with Crippen LogP contribution in [0.3, 0.4) is 0 Å². The minimum absolute atomic E-state index is 0.0509. The third kappa shape index (κ3) is 4.35. The molecule has 3 rings (SSSR count). The average molecular weight is 335 g/mol. The van der Waals surface area contributed by atoms with Crippen molar-refractivity contribution in [1.82, 2.24) is 15.4 Å². The summed E-state index contributed by atoms with van der Waals surface area (Å²) < 4.78 is 10.8. The molecule has 0 spiro atoms. The Labute approximate surface area is 141 Å². The van der Waals surface area contributed by atoms with E-state index in [1.165, 1.54) is 0 Å². The van der Waals surface area contributed by atoms with Crippen LogP contribution in [0, 0.1) is 12.8 Å². The molecular formula is C17H25N3O4. The van der Waals surface area contributed by atoms with Crippen molar-refractivity contribution in [2.24, 2.45) is 5.92 Å². The van der Waals surface area contributed by atoms with E-state index >= 15 is 0 Å². The standard InChI is InChI=1S/C17H25N3O4/c1-12-7-14(24-19-12)8-13-10-23-11-15(13)18-16(21)9-20-6-4-2-3-5-17(20)22/h7,13,15H,2-6,8-11H2,1H3,(H,18,21)/t13-,15+/m1/s1. The van der Waals surface area contributed by atoms with Crippen LogP contribution >= 0.6 is 0 Å². The van der Waals surface area contributed by atoms with E-state index in [-0.39, 0.29) is 30.3 Å². The normalized spacial score (nSPS) is 24.9. The van der Waals surface area contributed by atoms with Crippen LogP contribution in [0.15, 0.2) is 10.6 Å². The zero-order valence-corrected chi connectivity index (χ0v) is 14.1. The summed E-state index contributed by atoms with van der Waals surface area (Å²) in [7, 11) is 0.